The Morgan fingerprint density at radius 1 is 1.31 bits per heavy atom. The molecule has 16 heavy (non-hydrogen) atoms. The van der Waals surface area contributed by atoms with Gasteiger partial charge < -0.3 is 5.11 Å². The highest BCUT2D eigenvalue weighted by Crippen LogP contribution is 2.42. The van der Waals surface area contributed by atoms with Gasteiger partial charge in [-0.1, -0.05) is 13.8 Å². The summed E-state index contributed by atoms with van der Waals surface area (Å²) in [5.74, 6) is -0.279. The zero-order valence-corrected chi connectivity index (χ0v) is 10.7. The van der Waals surface area contributed by atoms with E-state index in [0.717, 1.165) is 6.07 Å². The van der Waals surface area contributed by atoms with E-state index in [1.807, 2.05) is 0 Å². The van der Waals surface area contributed by atoms with E-state index in [4.69, 9.17) is 0 Å². The topological polar surface area (TPSA) is 20.2 Å². The first-order valence-corrected chi connectivity index (χ1v) is 5.54. The van der Waals surface area contributed by atoms with Crippen molar-refractivity contribution >= 4 is 15.9 Å². The highest BCUT2D eigenvalue weighted by molar-refractivity contribution is 9.10. The summed E-state index contributed by atoms with van der Waals surface area (Å²) in [6.07, 6.45) is -4.40. The minimum Gasteiger partial charge on any atom is -0.506 e. The zero-order chi connectivity index (χ0) is 12.7. The highest BCUT2D eigenvalue weighted by Gasteiger charge is 2.34. The van der Waals surface area contributed by atoms with Crippen LogP contribution in [-0.4, -0.2) is 5.11 Å². The molecule has 0 atom stereocenters. The van der Waals surface area contributed by atoms with Crippen LogP contribution in [-0.2, 0) is 6.18 Å². The summed E-state index contributed by atoms with van der Waals surface area (Å²) in [5, 5.41) is 9.72. The highest BCUT2D eigenvalue weighted by atomic mass is 79.9. The maximum absolute atomic E-state index is 12.7. The Kier molecular flexibility index (Phi) is 3.57. The van der Waals surface area contributed by atoms with E-state index < -0.39 is 11.7 Å². The van der Waals surface area contributed by atoms with Crippen molar-refractivity contribution in [2.24, 2.45) is 0 Å². The van der Waals surface area contributed by atoms with Gasteiger partial charge in [0.25, 0.3) is 0 Å². The first kappa shape index (κ1) is 13.4. The summed E-state index contributed by atoms with van der Waals surface area (Å²) < 4.78 is 38.2. The van der Waals surface area contributed by atoms with E-state index in [-0.39, 0.29) is 21.7 Å². The molecule has 1 N–H and O–H groups in total. The minimum absolute atomic E-state index is 0.00870. The molecule has 0 heterocycles. The normalized spacial score (nSPS) is 12.2. The maximum atomic E-state index is 12.7. The second-order valence-corrected chi connectivity index (χ2v) is 4.75. The number of benzene rings is 1. The summed E-state index contributed by atoms with van der Waals surface area (Å²) in [4.78, 5) is 0. The van der Waals surface area contributed by atoms with Gasteiger partial charge in [-0.05, 0) is 46.0 Å². The largest absolute Gasteiger partial charge is 0.506 e. The Morgan fingerprint density at radius 2 is 1.81 bits per heavy atom. The number of phenolic OH excluding ortho intramolecular Hbond substituents is 1. The Labute approximate surface area is 100 Å². The van der Waals surface area contributed by atoms with Gasteiger partial charge >= 0.3 is 6.18 Å². The molecule has 5 heteroatoms. The third-order valence-electron chi connectivity index (χ3n) is 2.44. The van der Waals surface area contributed by atoms with Crippen LogP contribution in [0.3, 0.4) is 0 Å². The van der Waals surface area contributed by atoms with Crippen LogP contribution in [0.2, 0.25) is 0 Å². The van der Waals surface area contributed by atoms with Gasteiger partial charge in [0.15, 0.2) is 0 Å². The average molecular weight is 297 g/mol. The monoisotopic (exact) mass is 296 g/mol. The Hall–Kier alpha value is -0.710. The fraction of sp³-hybridized carbons (Fsp3) is 0.455. The molecule has 0 spiro atoms. The van der Waals surface area contributed by atoms with Crippen LogP contribution < -0.4 is 0 Å². The first-order chi connectivity index (χ1) is 7.16. The third kappa shape index (κ3) is 2.34. The molecule has 0 saturated carbocycles. The first-order valence-electron chi connectivity index (χ1n) is 4.75. The van der Waals surface area contributed by atoms with Crippen LogP contribution in [0.15, 0.2) is 10.5 Å². The second-order valence-electron chi connectivity index (χ2n) is 3.95. The van der Waals surface area contributed by atoms with Crippen LogP contribution in [0, 0.1) is 6.92 Å². The van der Waals surface area contributed by atoms with Crippen LogP contribution in [0.25, 0.3) is 0 Å². The minimum atomic E-state index is -4.40. The lowest BCUT2D eigenvalue weighted by atomic mass is 9.96. The van der Waals surface area contributed by atoms with Gasteiger partial charge in [0.2, 0.25) is 0 Å². The number of hydrogen-bond donors (Lipinski definition) is 1. The van der Waals surface area contributed by atoms with E-state index in [9.17, 15) is 18.3 Å². The fourth-order valence-corrected chi connectivity index (χ4v) is 1.93. The standard InChI is InChI=1S/C11H12BrF3O/c1-5(2)7-4-8(11(13,14)15)6(3)9(12)10(7)16/h4-5,16H,1-3H3. The van der Waals surface area contributed by atoms with Crippen LogP contribution in [0.4, 0.5) is 13.2 Å². The Bertz CT molecular complexity index is 411. The van der Waals surface area contributed by atoms with Crippen molar-refractivity contribution < 1.29 is 18.3 Å². The number of aromatic hydroxyl groups is 1. The molecule has 0 unspecified atom stereocenters. The molecule has 0 fully saturated rings. The SMILES string of the molecule is Cc1c(C(F)(F)F)cc(C(C)C)c(O)c1Br. The smallest absolute Gasteiger partial charge is 0.416 e. The van der Waals surface area contributed by atoms with Crippen LogP contribution >= 0.6 is 15.9 Å². The van der Waals surface area contributed by atoms with Crippen molar-refractivity contribution in [2.45, 2.75) is 32.9 Å². The van der Waals surface area contributed by atoms with Crippen molar-refractivity contribution in [1.29, 1.82) is 0 Å². The van der Waals surface area contributed by atoms with E-state index >= 15 is 0 Å². The second kappa shape index (κ2) is 4.28. The van der Waals surface area contributed by atoms with Gasteiger partial charge in [-0.3, -0.25) is 0 Å². The molecular formula is C11H12BrF3O. The van der Waals surface area contributed by atoms with E-state index in [2.05, 4.69) is 15.9 Å². The molecule has 0 radical (unpaired) electrons. The van der Waals surface area contributed by atoms with Gasteiger partial charge in [0, 0.05) is 0 Å². The van der Waals surface area contributed by atoms with Gasteiger partial charge in [-0.25, -0.2) is 0 Å². The molecule has 1 nitrogen and oxygen atoms in total. The third-order valence-corrected chi connectivity index (χ3v) is 3.41. The number of phenols is 1. The van der Waals surface area contributed by atoms with Crippen LogP contribution in [0.5, 0.6) is 5.75 Å². The van der Waals surface area contributed by atoms with E-state index in [1.54, 1.807) is 13.8 Å². The molecule has 0 aliphatic rings. The van der Waals surface area contributed by atoms with Gasteiger partial charge in [-0.2, -0.15) is 13.2 Å². The molecule has 1 rings (SSSR count). The number of hydrogen-bond acceptors (Lipinski definition) is 1. The zero-order valence-electron chi connectivity index (χ0n) is 9.11. The van der Waals surface area contributed by atoms with Crippen molar-refractivity contribution in [2.75, 3.05) is 0 Å². The molecular weight excluding hydrogens is 285 g/mol. The molecule has 1 aromatic carbocycles. The molecule has 0 amide bonds. The maximum Gasteiger partial charge on any atom is 0.416 e. The van der Waals surface area contributed by atoms with Crippen molar-refractivity contribution in [1.82, 2.24) is 0 Å². The molecule has 0 saturated heterocycles. The summed E-state index contributed by atoms with van der Waals surface area (Å²) in [6, 6.07) is 1.01. The summed E-state index contributed by atoms with van der Waals surface area (Å²) in [7, 11) is 0. The Morgan fingerprint density at radius 3 is 2.19 bits per heavy atom. The van der Waals surface area contributed by atoms with Gasteiger partial charge in [0.1, 0.15) is 5.75 Å². The molecule has 0 bridgehead atoms. The average Bonchev–Trinajstić information content (AvgIpc) is 2.11. The van der Waals surface area contributed by atoms with Crippen molar-refractivity contribution in [3.63, 3.8) is 0 Å². The predicted octanol–water partition coefficient (Wildman–Crippen LogP) is 4.61. The van der Waals surface area contributed by atoms with Crippen molar-refractivity contribution in [3.05, 3.63) is 27.2 Å². The van der Waals surface area contributed by atoms with E-state index in [1.165, 1.54) is 6.92 Å². The predicted molar refractivity (Wildman–Crippen MR) is 59.6 cm³/mol. The quantitative estimate of drug-likeness (QED) is 0.803. The van der Waals surface area contributed by atoms with Gasteiger partial charge in [-0.15, -0.1) is 0 Å². The summed E-state index contributed by atoms with van der Waals surface area (Å²) in [5.41, 5.74) is -0.403. The molecule has 0 aromatic heterocycles. The van der Waals surface area contributed by atoms with Gasteiger partial charge in [0.05, 0.1) is 10.0 Å². The lowest BCUT2D eigenvalue weighted by molar-refractivity contribution is -0.138. The summed E-state index contributed by atoms with van der Waals surface area (Å²) in [6.45, 7) is 4.80. The molecule has 90 valence electrons. The number of rotatable bonds is 1. The molecule has 0 aliphatic heterocycles. The number of halogens is 4. The molecule has 1 aromatic rings. The summed E-state index contributed by atoms with van der Waals surface area (Å²) >= 11 is 2.99. The lowest BCUT2D eigenvalue weighted by Crippen LogP contribution is -2.09. The lowest BCUT2D eigenvalue weighted by Gasteiger charge is -2.17. The number of alkyl halides is 3. The molecule has 0 aliphatic carbocycles. The fourth-order valence-electron chi connectivity index (χ4n) is 1.49. The van der Waals surface area contributed by atoms with Crippen LogP contribution in [0.1, 0.15) is 36.5 Å². The Balaban J connectivity index is 3.54. The van der Waals surface area contributed by atoms with E-state index in [0.29, 0.717) is 5.56 Å². The van der Waals surface area contributed by atoms with Crippen molar-refractivity contribution in [3.8, 4) is 5.75 Å².